The van der Waals surface area contributed by atoms with Crippen LogP contribution in [0.15, 0.2) is 72.8 Å². The number of benzene rings is 3. The zero-order valence-corrected chi connectivity index (χ0v) is 18.8. The molecular formula is C27H29N3O3. The van der Waals surface area contributed by atoms with E-state index >= 15 is 0 Å². The van der Waals surface area contributed by atoms with Crippen LogP contribution in [0.2, 0.25) is 0 Å². The number of amides is 2. The first-order valence-corrected chi connectivity index (χ1v) is 11.3. The average molecular weight is 444 g/mol. The monoisotopic (exact) mass is 443 g/mol. The molecule has 4 rings (SSSR count). The standard InChI is InChI=1S/C27H29N3O3/c1-33-25-13-7-6-12-22(25)27(32)29-21-14-15-24(30-16-8-3-9-17-30)23(18-21)26(31)28-19-20-10-4-2-5-11-20/h2,4-7,10-15,18H,3,8-9,16-17,19H2,1H3,(H,28,31)(H,29,32). The lowest BCUT2D eigenvalue weighted by Gasteiger charge is -2.30. The highest BCUT2D eigenvalue weighted by Crippen LogP contribution is 2.28. The number of ether oxygens (including phenoxy) is 1. The number of anilines is 2. The number of hydrogen-bond donors (Lipinski definition) is 2. The number of hydrogen-bond acceptors (Lipinski definition) is 4. The van der Waals surface area contributed by atoms with E-state index in [2.05, 4.69) is 15.5 Å². The van der Waals surface area contributed by atoms with Crippen molar-refractivity contribution in [1.82, 2.24) is 5.32 Å². The molecule has 6 nitrogen and oxygen atoms in total. The summed E-state index contributed by atoms with van der Waals surface area (Å²) in [5, 5.41) is 5.94. The van der Waals surface area contributed by atoms with Crippen LogP contribution in [0.4, 0.5) is 11.4 Å². The van der Waals surface area contributed by atoms with Crippen molar-refractivity contribution in [1.29, 1.82) is 0 Å². The Morgan fingerprint density at radius 2 is 1.58 bits per heavy atom. The molecule has 33 heavy (non-hydrogen) atoms. The first kappa shape index (κ1) is 22.4. The van der Waals surface area contributed by atoms with Gasteiger partial charge in [0.15, 0.2) is 0 Å². The zero-order valence-electron chi connectivity index (χ0n) is 18.8. The maximum absolute atomic E-state index is 13.2. The van der Waals surface area contributed by atoms with Gasteiger partial charge < -0.3 is 20.3 Å². The SMILES string of the molecule is COc1ccccc1C(=O)Nc1ccc(N2CCCCC2)c(C(=O)NCc2ccccc2)c1. The normalized spacial score (nSPS) is 13.3. The Hall–Kier alpha value is -3.80. The fourth-order valence-corrected chi connectivity index (χ4v) is 4.11. The molecule has 2 N–H and O–H groups in total. The summed E-state index contributed by atoms with van der Waals surface area (Å²) in [5.74, 6) is 0.0578. The van der Waals surface area contributed by atoms with E-state index in [1.54, 1.807) is 24.3 Å². The van der Waals surface area contributed by atoms with Crippen LogP contribution in [0, 0.1) is 0 Å². The second-order valence-electron chi connectivity index (χ2n) is 8.10. The molecule has 0 radical (unpaired) electrons. The second-order valence-corrected chi connectivity index (χ2v) is 8.10. The summed E-state index contributed by atoms with van der Waals surface area (Å²) in [6.07, 6.45) is 3.42. The molecule has 0 bridgehead atoms. The molecule has 0 aliphatic carbocycles. The Morgan fingerprint density at radius 3 is 2.33 bits per heavy atom. The van der Waals surface area contributed by atoms with E-state index in [0.717, 1.165) is 37.2 Å². The van der Waals surface area contributed by atoms with E-state index in [-0.39, 0.29) is 11.8 Å². The molecule has 0 spiro atoms. The summed E-state index contributed by atoms with van der Waals surface area (Å²) < 4.78 is 5.31. The van der Waals surface area contributed by atoms with Crippen LogP contribution < -0.4 is 20.3 Å². The van der Waals surface area contributed by atoms with Crippen molar-refractivity contribution in [2.45, 2.75) is 25.8 Å². The van der Waals surface area contributed by atoms with Crippen LogP contribution in [-0.2, 0) is 6.54 Å². The first-order chi connectivity index (χ1) is 16.2. The quantitative estimate of drug-likeness (QED) is 0.547. The van der Waals surface area contributed by atoms with Gasteiger partial charge in [-0.15, -0.1) is 0 Å². The van der Waals surface area contributed by atoms with Gasteiger partial charge in [-0.1, -0.05) is 42.5 Å². The minimum atomic E-state index is -0.284. The molecule has 6 heteroatoms. The second kappa shape index (κ2) is 10.7. The van der Waals surface area contributed by atoms with Crippen LogP contribution in [0.1, 0.15) is 45.5 Å². The van der Waals surface area contributed by atoms with Gasteiger partial charge in [0.05, 0.1) is 18.2 Å². The maximum Gasteiger partial charge on any atom is 0.259 e. The van der Waals surface area contributed by atoms with E-state index in [1.165, 1.54) is 13.5 Å². The summed E-state index contributed by atoms with van der Waals surface area (Å²) in [4.78, 5) is 28.3. The third kappa shape index (κ3) is 5.52. The molecule has 1 aliphatic rings. The van der Waals surface area contributed by atoms with E-state index in [0.29, 0.717) is 29.1 Å². The molecule has 3 aromatic carbocycles. The van der Waals surface area contributed by atoms with Gasteiger partial charge >= 0.3 is 0 Å². The topological polar surface area (TPSA) is 70.7 Å². The van der Waals surface area contributed by atoms with Crippen molar-refractivity contribution >= 4 is 23.2 Å². The Morgan fingerprint density at radius 1 is 0.848 bits per heavy atom. The van der Waals surface area contributed by atoms with E-state index < -0.39 is 0 Å². The van der Waals surface area contributed by atoms with Gasteiger partial charge in [0, 0.05) is 31.0 Å². The van der Waals surface area contributed by atoms with Gasteiger partial charge in [-0.05, 0) is 55.2 Å². The minimum Gasteiger partial charge on any atom is -0.496 e. The Balaban J connectivity index is 1.58. The lowest BCUT2D eigenvalue weighted by atomic mass is 10.1. The van der Waals surface area contributed by atoms with Crippen molar-refractivity contribution in [3.8, 4) is 5.75 Å². The molecule has 3 aromatic rings. The van der Waals surface area contributed by atoms with Crippen LogP contribution >= 0.6 is 0 Å². The third-order valence-corrected chi connectivity index (χ3v) is 5.84. The van der Waals surface area contributed by atoms with E-state index in [4.69, 9.17) is 4.74 Å². The van der Waals surface area contributed by atoms with Gasteiger partial charge in [0.1, 0.15) is 5.75 Å². The van der Waals surface area contributed by atoms with E-state index in [1.807, 2.05) is 48.5 Å². The van der Waals surface area contributed by atoms with Crippen molar-refractivity contribution in [3.63, 3.8) is 0 Å². The molecule has 1 heterocycles. The van der Waals surface area contributed by atoms with Gasteiger partial charge in [0.2, 0.25) is 0 Å². The van der Waals surface area contributed by atoms with Crippen molar-refractivity contribution < 1.29 is 14.3 Å². The Bertz CT molecular complexity index is 1110. The zero-order chi connectivity index (χ0) is 23.0. The van der Waals surface area contributed by atoms with Crippen LogP contribution in [0.5, 0.6) is 5.75 Å². The van der Waals surface area contributed by atoms with Gasteiger partial charge in [-0.25, -0.2) is 0 Å². The van der Waals surface area contributed by atoms with Gasteiger partial charge in [-0.3, -0.25) is 9.59 Å². The summed E-state index contributed by atoms with van der Waals surface area (Å²) in [6, 6.07) is 22.4. The Kier molecular flexibility index (Phi) is 7.25. The molecule has 170 valence electrons. The highest BCUT2D eigenvalue weighted by molar-refractivity contribution is 6.07. The van der Waals surface area contributed by atoms with Crippen LogP contribution in [0.25, 0.3) is 0 Å². The lowest BCUT2D eigenvalue weighted by molar-refractivity contribution is 0.0950. The molecule has 1 saturated heterocycles. The summed E-state index contributed by atoms with van der Waals surface area (Å²) >= 11 is 0. The first-order valence-electron chi connectivity index (χ1n) is 11.3. The van der Waals surface area contributed by atoms with Gasteiger partial charge in [0.25, 0.3) is 11.8 Å². The van der Waals surface area contributed by atoms with Crippen molar-refractivity contribution in [2.24, 2.45) is 0 Å². The molecule has 1 aliphatic heterocycles. The fraction of sp³-hybridized carbons (Fsp3) is 0.259. The largest absolute Gasteiger partial charge is 0.496 e. The number of rotatable bonds is 7. The van der Waals surface area contributed by atoms with Crippen molar-refractivity contribution in [3.05, 3.63) is 89.5 Å². The summed E-state index contributed by atoms with van der Waals surface area (Å²) in [7, 11) is 1.54. The minimum absolute atomic E-state index is 0.159. The van der Waals surface area contributed by atoms with Crippen LogP contribution in [-0.4, -0.2) is 32.0 Å². The lowest BCUT2D eigenvalue weighted by Crippen LogP contribution is -2.32. The van der Waals surface area contributed by atoms with Gasteiger partial charge in [-0.2, -0.15) is 0 Å². The number of carbonyl (C=O) groups is 2. The summed E-state index contributed by atoms with van der Waals surface area (Å²) in [5.41, 5.74) is 3.50. The number of piperidine rings is 1. The maximum atomic E-state index is 13.2. The van der Waals surface area contributed by atoms with E-state index in [9.17, 15) is 9.59 Å². The molecule has 0 saturated carbocycles. The highest BCUT2D eigenvalue weighted by Gasteiger charge is 2.20. The summed E-state index contributed by atoms with van der Waals surface area (Å²) in [6.45, 7) is 2.29. The number of nitrogens with zero attached hydrogens (tertiary/aromatic N) is 1. The number of methoxy groups -OCH3 is 1. The molecule has 0 unspecified atom stereocenters. The Labute approximate surface area is 194 Å². The molecule has 0 aromatic heterocycles. The number of para-hydroxylation sites is 1. The number of carbonyl (C=O) groups excluding carboxylic acids is 2. The predicted molar refractivity (Wildman–Crippen MR) is 131 cm³/mol. The van der Waals surface area contributed by atoms with Crippen molar-refractivity contribution in [2.75, 3.05) is 30.4 Å². The van der Waals surface area contributed by atoms with Crippen LogP contribution in [0.3, 0.4) is 0 Å². The fourth-order valence-electron chi connectivity index (χ4n) is 4.11. The average Bonchev–Trinajstić information content (AvgIpc) is 2.88. The highest BCUT2D eigenvalue weighted by atomic mass is 16.5. The predicted octanol–water partition coefficient (Wildman–Crippen LogP) is 4.87. The molecule has 2 amide bonds. The molecular weight excluding hydrogens is 414 g/mol. The molecule has 1 fully saturated rings. The molecule has 0 atom stereocenters. The number of nitrogens with one attached hydrogen (secondary N) is 2. The third-order valence-electron chi connectivity index (χ3n) is 5.84. The smallest absolute Gasteiger partial charge is 0.259 e.